The van der Waals surface area contributed by atoms with Crippen LogP contribution in [0, 0.1) is 11.7 Å². The predicted octanol–water partition coefficient (Wildman–Crippen LogP) is 0.863. The number of nitrogens with one attached hydrogen (secondary N) is 2. The number of hydrogen-bond acceptors (Lipinski definition) is 3. The van der Waals surface area contributed by atoms with Crippen molar-refractivity contribution in [1.29, 1.82) is 0 Å². The topological polar surface area (TPSA) is 84.2 Å². The third kappa shape index (κ3) is 4.03. The van der Waals surface area contributed by atoms with E-state index >= 15 is 0 Å². The smallest absolute Gasteiger partial charge is 0.251 e. The van der Waals surface area contributed by atoms with Gasteiger partial charge in [-0.1, -0.05) is 0 Å². The fraction of sp³-hybridized carbons (Fsp3) is 0.385. The van der Waals surface area contributed by atoms with Gasteiger partial charge in [-0.25, -0.2) is 4.39 Å². The molecule has 6 heteroatoms. The van der Waals surface area contributed by atoms with Crippen molar-refractivity contribution < 1.29 is 14.0 Å². The van der Waals surface area contributed by atoms with E-state index in [1.807, 2.05) is 0 Å². The van der Waals surface area contributed by atoms with Crippen LogP contribution in [0.1, 0.15) is 23.2 Å². The number of amides is 2. The summed E-state index contributed by atoms with van der Waals surface area (Å²) in [6, 6.07) is 3.73. The van der Waals surface area contributed by atoms with Crippen molar-refractivity contribution >= 4 is 17.5 Å². The highest BCUT2D eigenvalue weighted by Gasteiger charge is 2.20. The van der Waals surface area contributed by atoms with Crippen molar-refractivity contribution in [2.24, 2.45) is 11.7 Å². The first kappa shape index (κ1) is 13.5. The molecule has 0 saturated heterocycles. The Kier molecular flexibility index (Phi) is 4.11. The monoisotopic (exact) mass is 265 g/mol. The zero-order chi connectivity index (χ0) is 13.8. The molecule has 0 aromatic heterocycles. The number of hydrogen-bond donors (Lipinski definition) is 3. The minimum atomic E-state index is -0.861. The van der Waals surface area contributed by atoms with Gasteiger partial charge in [-0.3, -0.25) is 9.59 Å². The quantitative estimate of drug-likeness (QED) is 0.713. The molecule has 5 nitrogen and oxygen atoms in total. The van der Waals surface area contributed by atoms with Crippen molar-refractivity contribution in [2.45, 2.75) is 12.8 Å². The summed E-state index contributed by atoms with van der Waals surface area (Å²) in [7, 11) is 0. The number of rotatable bonds is 6. The van der Waals surface area contributed by atoms with Gasteiger partial charge in [-0.05, 0) is 43.5 Å². The van der Waals surface area contributed by atoms with Crippen LogP contribution in [-0.2, 0) is 4.79 Å². The van der Waals surface area contributed by atoms with Crippen molar-refractivity contribution in [3.63, 3.8) is 0 Å². The predicted molar refractivity (Wildman–Crippen MR) is 69.1 cm³/mol. The second-order valence-electron chi connectivity index (χ2n) is 4.68. The van der Waals surface area contributed by atoms with E-state index in [-0.39, 0.29) is 18.0 Å². The second kappa shape index (κ2) is 5.79. The van der Waals surface area contributed by atoms with Crippen LogP contribution in [0.4, 0.5) is 10.1 Å². The van der Waals surface area contributed by atoms with Gasteiger partial charge in [-0.2, -0.15) is 0 Å². The number of halogens is 1. The molecule has 102 valence electrons. The lowest BCUT2D eigenvalue weighted by Gasteiger charge is -2.07. The van der Waals surface area contributed by atoms with Crippen LogP contribution in [0.25, 0.3) is 0 Å². The minimum absolute atomic E-state index is 0.194. The summed E-state index contributed by atoms with van der Waals surface area (Å²) >= 11 is 0. The summed E-state index contributed by atoms with van der Waals surface area (Å²) in [5.74, 6) is -1.10. The lowest BCUT2D eigenvalue weighted by atomic mass is 10.2. The van der Waals surface area contributed by atoms with Crippen LogP contribution in [-0.4, -0.2) is 24.9 Å². The molecule has 2 rings (SSSR count). The fourth-order valence-electron chi connectivity index (χ4n) is 1.71. The number of carbonyl (C=O) groups is 2. The summed E-state index contributed by atoms with van der Waals surface area (Å²) in [4.78, 5) is 22.6. The highest BCUT2D eigenvalue weighted by Crippen LogP contribution is 2.27. The normalized spacial score (nSPS) is 14.2. The Hall–Kier alpha value is -1.95. The lowest BCUT2D eigenvalue weighted by Crippen LogP contribution is -2.29. The molecule has 1 fully saturated rings. The number of primary amides is 1. The number of carbonyl (C=O) groups excluding carboxylic acids is 2. The molecule has 1 aromatic rings. The molecule has 0 unspecified atom stereocenters. The van der Waals surface area contributed by atoms with Crippen molar-refractivity contribution in [2.75, 3.05) is 18.4 Å². The molecule has 1 saturated carbocycles. The van der Waals surface area contributed by atoms with Gasteiger partial charge in [0, 0.05) is 5.69 Å². The van der Waals surface area contributed by atoms with Crippen LogP contribution >= 0.6 is 0 Å². The molecule has 0 heterocycles. The van der Waals surface area contributed by atoms with E-state index < -0.39 is 11.7 Å². The maximum atomic E-state index is 13.2. The van der Waals surface area contributed by atoms with Crippen LogP contribution in [0.3, 0.4) is 0 Å². The van der Waals surface area contributed by atoms with Crippen LogP contribution in [0.2, 0.25) is 0 Å². The number of nitrogens with two attached hydrogens (primary N) is 1. The average molecular weight is 265 g/mol. The molecule has 4 N–H and O–H groups in total. The van der Waals surface area contributed by atoms with Gasteiger partial charge < -0.3 is 16.4 Å². The summed E-state index contributed by atoms with van der Waals surface area (Å²) in [6.45, 7) is 1.03. The van der Waals surface area contributed by atoms with E-state index in [9.17, 15) is 14.0 Å². The molecule has 1 aromatic carbocycles. The summed E-state index contributed by atoms with van der Waals surface area (Å²) in [6.07, 6.45) is 2.43. The van der Waals surface area contributed by atoms with E-state index in [0.717, 1.165) is 12.6 Å². The van der Waals surface area contributed by atoms with Gasteiger partial charge in [0.25, 0.3) is 5.91 Å². The standard InChI is InChI=1S/C13H16FN3O2/c14-11-4-3-9(5-10(11)13(15)19)17-12(18)7-16-6-8-1-2-8/h3-5,8,16H,1-2,6-7H2,(H2,15,19)(H,17,18). The Morgan fingerprint density at radius 3 is 2.74 bits per heavy atom. The van der Waals surface area contributed by atoms with Crippen molar-refractivity contribution in [3.05, 3.63) is 29.6 Å². The second-order valence-corrected chi connectivity index (χ2v) is 4.68. The van der Waals surface area contributed by atoms with E-state index in [0.29, 0.717) is 11.6 Å². The van der Waals surface area contributed by atoms with Gasteiger partial charge in [0.2, 0.25) is 5.91 Å². The van der Waals surface area contributed by atoms with E-state index in [2.05, 4.69) is 10.6 Å². The Morgan fingerprint density at radius 1 is 1.37 bits per heavy atom. The highest BCUT2D eigenvalue weighted by atomic mass is 19.1. The largest absolute Gasteiger partial charge is 0.366 e. The molecular formula is C13H16FN3O2. The third-order valence-corrected chi connectivity index (χ3v) is 2.93. The molecule has 0 spiro atoms. The van der Waals surface area contributed by atoms with E-state index in [1.165, 1.54) is 25.0 Å². The molecule has 0 aliphatic heterocycles. The summed E-state index contributed by atoms with van der Waals surface area (Å²) in [5, 5.41) is 5.62. The fourth-order valence-corrected chi connectivity index (χ4v) is 1.71. The molecule has 1 aliphatic rings. The Labute approximate surface area is 110 Å². The summed E-state index contributed by atoms with van der Waals surface area (Å²) in [5.41, 5.74) is 5.15. The van der Waals surface area contributed by atoms with Gasteiger partial charge in [0.15, 0.2) is 0 Å². The zero-order valence-corrected chi connectivity index (χ0v) is 10.4. The molecular weight excluding hydrogens is 249 g/mol. The summed E-state index contributed by atoms with van der Waals surface area (Å²) < 4.78 is 13.2. The Bertz CT molecular complexity index is 501. The maximum Gasteiger partial charge on any atom is 0.251 e. The SMILES string of the molecule is NC(=O)c1cc(NC(=O)CNCC2CC2)ccc1F. The Morgan fingerprint density at radius 2 is 2.11 bits per heavy atom. The number of anilines is 1. The molecule has 1 aliphatic carbocycles. The molecule has 0 bridgehead atoms. The molecule has 2 amide bonds. The minimum Gasteiger partial charge on any atom is -0.366 e. The molecule has 0 radical (unpaired) electrons. The van der Waals surface area contributed by atoms with Gasteiger partial charge in [0.05, 0.1) is 12.1 Å². The van der Waals surface area contributed by atoms with Crippen molar-refractivity contribution in [1.82, 2.24) is 5.32 Å². The van der Waals surface area contributed by atoms with Gasteiger partial charge in [0.1, 0.15) is 5.82 Å². The third-order valence-electron chi connectivity index (χ3n) is 2.93. The van der Waals surface area contributed by atoms with E-state index in [4.69, 9.17) is 5.73 Å². The number of benzene rings is 1. The van der Waals surface area contributed by atoms with Gasteiger partial charge in [-0.15, -0.1) is 0 Å². The van der Waals surface area contributed by atoms with Crippen LogP contribution in [0.5, 0.6) is 0 Å². The first-order valence-electron chi connectivity index (χ1n) is 6.16. The van der Waals surface area contributed by atoms with Crippen molar-refractivity contribution in [3.8, 4) is 0 Å². The zero-order valence-electron chi connectivity index (χ0n) is 10.4. The molecule has 19 heavy (non-hydrogen) atoms. The van der Waals surface area contributed by atoms with E-state index in [1.54, 1.807) is 0 Å². The highest BCUT2D eigenvalue weighted by molar-refractivity contribution is 5.97. The first-order valence-corrected chi connectivity index (χ1v) is 6.16. The Balaban J connectivity index is 1.88. The maximum absolute atomic E-state index is 13.2. The van der Waals surface area contributed by atoms with Crippen LogP contribution < -0.4 is 16.4 Å². The average Bonchev–Trinajstić information content (AvgIpc) is 3.15. The molecule has 0 atom stereocenters. The van der Waals surface area contributed by atoms with Crippen LogP contribution in [0.15, 0.2) is 18.2 Å². The first-order chi connectivity index (χ1) is 9.06. The van der Waals surface area contributed by atoms with Gasteiger partial charge >= 0.3 is 0 Å². The lowest BCUT2D eigenvalue weighted by molar-refractivity contribution is -0.115.